The van der Waals surface area contributed by atoms with Crippen LogP contribution in [0.1, 0.15) is 6.42 Å². The maximum Gasteiger partial charge on any atom is 0.377 e. The predicted octanol–water partition coefficient (Wildman–Crippen LogP) is 0.0882. The lowest BCUT2D eigenvalue weighted by molar-refractivity contribution is -0.159. The number of nitrogens with one attached hydrogen (secondary N) is 1. The average molecular weight is 181 g/mol. The van der Waals surface area contributed by atoms with Crippen LogP contribution in [-0.2, 0) is 14.4 Å². The van der Waals surface area contributed by atoms with Crippen LogP contribution in [-0.4, -0.2) is 31.7 Å². The Hall–Kier alpha value is -0.750. The summed E-state index contributed by atoms with van der Waals surface area (Å²) >= 11 is 0. The molecular weight excluding hydrogens is 172 g/mol. The number of hydrogen-bond acceptors (Lipinski definition) is 4. The van der Waals surface area contributed by atoms with Crippen molar-refractivity contribution < 1.29 is 23.1 Å². The zero-order valence-corrected chi connectivity index (χ0v) is 6.47. The Morgan fingerprint density at radius 2 is 2.50 bits per heavy atom. The number of hydrogen-bond donors (Lipinski definition) is 1. The molecule has 0 spiro atoms. The lowest BCUT2D eigenvalue weighted by Crippen LogP contribution is -2.26. The number of carbonyl (C=O) groups is 1. The molecule has 0 saturated carbocycles. The van der Waals surface area contributed by atoms with Crippen LogP contribution in [0, 0.1) is 0 Å². The van der Waals surface area contributed by atoms with Crippen LogP contribution in [0.2, 0.25) is 0 Å². The third-order valence-corrected chi connectivity index (χ3v) is 1.51. The van der Waals surface area contributed by atoms with Crippen molar-refractivity contribution in [2.75, 3.05) is 13.7 Å². The minimum absolute atomic E-state index is 0.0812. The Labute approximate surface area is 67.8 Å². The van der Waals surface area contributed by atoms with E-state index in [9.17, 15) is 13.6 Å². The van der Waals surface area contributed by atoms with Gasteiger partial charge in [-0.1, -0.05) is 0 Å². The summed E-state index contributed by atoms with van der Waals surface area (Å²) in [6, 6.07) is 0. The molecule has 1 atom stereocenters. The summed E-state index contributed by atoms with van der Waals surface area (Å²) in [7, 11) is 1.36. The van der Waals surface area contributed by atoms with E-state index in [1.54, 1.807) is 0 Å². The van der Waals surface area contributed by atoms with Gasteiger partial charge in [0.1, 0.15) is 6.10 Å². The van der Waals surface area contributed by atoms with E-state index in [1.807, 2.05) is 0 Å². The molecule has 1 aliphatic rings. The minimum Gasteiger partial charge on any atom is -0.456 e. The molecule has 1 saturated heterocycles. The van der Waals surface area contributed by atoms with Gasteiger partial charge < -0.3 is 9.57 Å². The van der Waals surface area contributed by atoms with E-state index in [-0.39, 0.29) is 6.54 Å². The zero-order valence-electron chi connectivity index (χ0n) is 6.47. The van der Waals surface area contributed by atoms with Crippen molar-refractivity contribution in [3.63, 3.8) is 0 Å². The van der Waals surface area contributed by atoms with E-state index in [2.05, 4.69) is 15.1 Å². The molecule has 70 valence electrons. The highest BCUT2D eigenvalue weighted by Gasteiger charge is 2.50. The summed E-state index contributed by atoms with van der Waals surface area (Å²) in [6.07, 6.45) is -1.38. The number of alkyl halides is 2. The second kappa shape index (κ2) is 3.32. The number of carbonyl (C=O) groups excluding carboxylic acids is 1. The topological polar surface area (TPSA) is 47.6 Å². The molecule has 1 fully saturated rings. The van der Waals surface area contributed by atoms with Crippen LogP contribution in [0.3, 0.4) is 0 Å². The summed E-state index contributed by atoms with van der Waals surface area (Å²) < 4.78 is 29.3. The third kappa shape index (κ3) is 1.89. The van der Waals surface area contributed by atoms with E-state index >= 15 is 0 Å². The summed E-state index contributed by atoms with van der Waals surface area (Å²) in [6.45, 7) is 0.0812. The van der Waals surface area contributed by atoms with E-state index in [4.69, 9.17) is 0 Å². The van der Waals surface area contributed by atoms with Gasteiger partial charge in [0.05, 0.1) is 20.1 Å². The fraction of sp³-hybridized carbons (Fsp3) is 0.833. The standard InChI is InChI=1S/C6H9F2NO3/c1-11-9-3-4-2-6(7,8)5(10)12-4/h4,9H,2-3H2,1H3. The molecule has 0 aromatic rings. The third-order valence-electron chi connectivity index (χ3n) is 1.51. The molecule has 0 amide bonds. The molecule has 1 N–H and O–H groups in total. The highest BCUT2D eigenvalue weighted by atomic mass is 19.3. The van der Waals surface area contributed by atoms with Crippen LogP contribution in [0.5, 0.6) is 0 Å². The molecule has 0 radical (unpaired) electrons. The summed E-state index contributed by atoms with van der Waals surface area (Å²) in [5.41, 5.74) is 2.34. The first-order chi connectivity index (χ1) is 5.56. The van der Waals surface area contributed by atoms with Crippen molar-refractivity contribution in [3.8, 4) is 0 Å². The van der Waals surface area contributed by atoms with Gasteiger partial charge in [-0.05, 0) is 0 Å². The van der Waals surface area contributed by atoms with Crippen LogP contribution >= 0.6 is 0 Å². The molecule has 6 heteroatoms. The summed E-state index contributed by atoms with van der Waals surface area (Å²) in [4.78, 5) is 14.8. The molecule has 4 nitrogen and oxygen atoms in total. The highest BCUT2D eigenvalue weighted by molar-refractivity contribution is 5.79. The number of halogens is 2. The Balaban J connectivity index is 2.39. The molecule has 1 heterocycles. The first-order valence-corrected chi connectivity index (χ1v) is 3.41. The Morgan fingerprint density at radius 1 is 1.83 bits per heavy atom. The zero-order chi connectivity index (χ0) is 9.19. The largest absolute Gasteiger partial charge is 0.456 e. The first kappa shape index (κ1) is 9.34. The minimum atomic E-state index is -3.33. The second-order valence-electron chi connectivity index (χ2n) is 2.49. The van der Waals surface area contributed by atoms with Crippen LogP contribution < -0.4 is 5.48 Å². The Morgan fingerprint density at radius 3 is 2.92 bits per heavy atom. The molecule has 1 unspecified atom stereocenters. The maximum atomic E-state index is 12.5. The average Bonchev–Trinajstić information content (AvgIpc) is 2.22. The molecule has 1 aliphatic heterocycles. The van der Waals surface area contributed by atoms with Gasteiger partial charge in [-0.15, -0.1) is 0 Å². The number of rotatable bonds is 3. The number of cyclic esters (lactones) is 1. The van der Waals surface area contributed by atoms with Crippen LogP contribution in [0.15, 0.2) is 0 Å². The quantitative estimate of drug-likeness (QED) is 0.495. The fourth-order valence-electron chi connectivity index (χ4n) is 0.939. The molecule has 0 aliphatic carbocycles. The molecule has 0 aromatic heterocycles. The molecule has 0 aromatic carbocycles. The van der Waals surface area contributed by atoms with Gasteiger partial charge >= 0.3 is 11.9 Å². The van der Waals surface area contributed by atoms with Crippen molar-refractivity contribution >= 4 is 5.97 Å². The maximum absolute atomic E-state index is 12.5. The van der Waals surface area contributed by atoms with Crippen LogP contribution in [0.25, 0.3) is 0 Å². The lowest BCUT2D eigenvalue weighted by Gasteiger charge is -2.06. The molecule has 0 bridgehead atoms. The van der Waals surface area contributed by atoms with Gasteiger partial charge in [0.15, 0.2) is 0 Å². The monoisotopic (exact) mass is 181 g/mol. The molecule has 12 heavy (non-hydrogen) atoms. The second-order valence-corrected chi connectivity index (χ2v) is 2.49. The van der Waals surface area contributed by atoms with E-state index < -0.39 is 24.4 Å². The van der Waals surface area contributed by atoms with E-state index in [0.29, 0.717) is 0 Å². The number of ether oxygens (including phenoxy) is 1. The van der Waals surface area contributed by atoms with Crippen LogP contribution in [0.4, 0.5) is 8.78 Å². The van der Waals surface area contributed by atoms with Crippen molar-refractivity contribution in [1.29, 1.82) is 0 Å². The van der Waals surface area contributed by atoms with E-state index in [1.165, 1.54) is 7.11 Å². The van der Waals surface area contributed by atoms with Crippen molar-refractivity contribution in [3.05, 3.63) is 0 Å². The SMILES string of the molecule is CONCC1CC(F)(F)C(=O)O1. The van der Waals surface area contributed by atoms with Crippen molar-refractivity contribution in [2.45, 2.75) is 18.4 Å². The Bertz CT molecular complexity index is 186. The number of hydroxylamine groups is 1. The molecular formula is C6H9F2NO3. The highest BCUT2D eigenvalue weighted by Crippen LogP contribution is 2.30. The van der Waals surface area contributed by atoms with Crippen molar-refractivity contribution in [2.24, 2.45) is 0 Å². The van der Waals surface area contributed by atoms with Gasteiger partial charge in [-0.3, -0.25) is 0 Å². The summed E-state index contributed by atoms with van der Waals surface area (Å²) in [5.74, 6) is -4.79. The number of esters is 1. The first-order valence-electron chi connectivity index (χ1n) is 3.41. The van der Waals surface area contributed by atoms with Gasteiger partial charge in [-0.25, -0.2) is 4.79 Å². The van der Waals surface area contributed by atoms with Gasteiger partial charge in [0.25, 0.3) is 0 Å². The Kier molecular flexibility index (Phi) is 2.58. The predicted molar refractivity (Wildman–Crippen MR) is 34.5 cm³/mol. The fourth-order valence-corrected chi connectivity index (χ4v) is 0.939. The van der Waals surface area contributed by atoms with Gasteiger partial charge in [0, 0.05) is 0 Å². The van der Waals surface area contributed by atoms with Crippen molar-refractivity contribution in [1.82, 2.24) is 5.48 Å². The summed E-state index contributed by atoms with van der Waals surface area (Å²) in [5, 5.41) is 0. The lowest BCUT2D eigenvalue weighted by atomic mass is 10.2. The van der Waals surface area contributed by atoms with E-state index in [0.717, 1.165) is 0 Å². The van der Waals surface area contributed by atoms with Gasteiger partial charge in [0.2, 0.25) is 0 Å². The van der Waals surface area contributed by atoms with Gasteiger partial charge in [-0.2, -0.15) is 14.3 Å². The normalized spacial score (nSPS) is 27.2. The smallest absolute Gasteiger partial charge is 0.377 e. The molecule has 1 rings (SSSR count).